The van der Waals surface area contributed by atoms with Crippen LogP contribution in [0.5, 0.6) is 0 Å². The Bertz CT molecular complexity index is 1090. The number of carboxylic acid groups (broad SMARTS) is 1. The summed E-state index contributed by atoms with van der Waals surface area (Å²) in [7, 11) is 1.69. The SMILES string of the molecule is CCC(C(=O)O)c1ccc([C@@H](CO)NC(=O)c2cc3c(F)cc(C)cc3n2C)cc1. The van der Waals surface area contributed by atoms with Crippen LogP contribution < -0.4 is 5.32 Å². The number of benzene rings is 2. The summed E-state index contributed by atoms with van der Waals surface area (Å²) in [4.78, 5) is 24.2. The third-order valence-corrected chi connectivity index (χ3v) is 5.42. The number of amides is 1. The Morgan fingerprint density at radius 3 is 2.33 bits per heavy atom. The number of aliphatic hydroxyl groups is 1. The summed E-state index contributed by atoms with van der Waals surface area (Å²) in [5.74, 6) is -2.32. The van der Waals surface area contributed by atoms with Gasteiger partial charge in [0.15, 0.2) is 0 Å². The molecule has 30 heavy (non-hydrogen) atoms. The zero-order chi connectivity index (χ0) is 22.0. The molecular weight excluding hydrogens is 387 g/mol. The van der Waals surface area contributed by atoms with Gasteiger partial charge in [-0.25, -0.2) is 4.39 Å². The molecule has 0 radical (unpaired) electrons. The topological polar surface area (TPSA) is 91.6 Å². The third kappa shape index (κ3) is 4.07. The maximum Gasteiger partial charge on any atom is 0.310 e. The number of hydrogen-bond donors (Lipinski definition) is 3. The van der Waals surface area contributed by atoms with Crippen LogP contribution >= 0.6 is 0 Å². The van der Waals surface area contributed by atoms with Gasteiger partial charge in [-0.2, -0.15) is 0 Å². The minimum absolute atomic E-state index is 0.279. The normalized spacial score (nSPS) is 13.2. The lowest BCUT2D eigenvalue weighted by Crippen LogP contribution is -2.32. The molecule has 2 aromatic carbocycles. The number of halogens is 1. The predicted molar refractivity (Wildman–Crippen MR) is 112 cm³/mol. The highest BCUT2D eigenvalue weighted by molar-refractivity contribution is 5.99. The second-order valence-corrected chi connectivity index (χ2v) is 7.44. The van der Waals surface area contributed by atoms with E-state index in [-0.39, 0.29) is 12.3 Å². The minimum Gasteiger partial charge on any atom is -0.481 e. The fraction of sp³-hybridized carbons (Fsp3) is 0.304. The zero-order valence-electron chi connectivity index (χ0n) is 17.1. The van der Waals surface area contributed by atoms with Gasteiger partial charge < -0.3 is 20.1 Å². The van der Waals surface area contributed by atoms with E-state index in [9.17, 15) is 24.2 Å². The van der Waals surface area contributed by atoms with Crippen molar-refractivity contribution in [1.29, 1.82) is 0 Å². The molecule has 0 bridgehead atoms. The number of rotatable bonds is 7. The second-order valence-electron chi connectivity index (χ2n) is 7.44. The lowest BCUT2D eigenvalue weighted by Gasteiger charge is -2.18. The van der Waals surface area contributed by atoms with E-state index in [1.165, 1.54) is 12.1 Å². The molecule has 0 saturated heterocycles. The van der Waals surface area contributed by atoms with E-state index in [0.717, 1.165) is 5.56 Å². The number of nitrogens with one attached hydrogen (secondary N) is 1. The van der Waals surface area contributed by atoms with Crippen molar-refractivity contribution >= 4 is 22.8 Å². The van der Waals surface area contributed by atoms with E-state index in [1.54, 1.807) is 49.7 Å². The molecule has 0 aliphatic heterocycles. The number of carbonyl (C=O) groups excluding carboxylic acids is 1. The molecule has 3 rings (SSSR count). The van der Waals surface area contributed by atoms with Crippen LogP contribution in [0, 0.1) is 12.7 Å². The molecule has 7 heteroatoms. The lowest BCUT2D eigenvalue weighted by atomic mass is 9.94. The van der Waals surface area contributed by atoms with E-state index in [0.29, 0.717) is 28.5 Å². The number of fused-ring (bicyclic) bond motifs is 1. The first kappa shape index (κ1) is 21.5. The largest absolute Gasteiger partial charge is 0.481 e. The molecule has 1 unspecified atom stereocenters. The average molecular weight is 412 g/mol. The molecular formula is C23H25FN2O4. The molecule has 1 aromatic heterocycles. The standard InChI is InChI=1S/C23H25FN2O4/c1-4-16(23(29)30)14-5-7-15(8-6-14)19(12-27)25-22(28)21-11-17-18(24)9-13(2)10-20(17)26(21)3/h5-11,16,19,27H,4,12H2,1-3H3,(H,25,28)(H,29,30)/t16?,19-/m1/s1. The summed E-state index contributed by atoms with van der Waals surface area (Å²) in [5, 5.41) is 22.2. The Morgan fingerprint density at radius 2 is 1.77 bits per heavy atom. The minimum atomic E-state index is -0.893. The molecule has 1 heterocycles. The molecule has 0 aliphatic rings. The highest BCUT2D eigenvalue weighted by Gasteiger charge is 2.21. The number of aromatic nitrogens is 1. The highest BCUT2D eigenvalue weighted by Crippen LogP contribution is 2.25. The Labute approximate surface area is 174 Å². The van der Waals surface area contributed by atoms with E-state index < -0.39 is 29.7 Å². The predicted octanol–water partition coefficient (Wildman–Crippen LogP) is 3.67. The van der Waals surface area contributed by atoms with Gasteiger partial charge in [-0.1, -0.05) is 31.2 Å². The van der Waals surface area contributed by atoms with E-state index in [4.69, 9.17) is 0 Å². The maximum absolute atomic E-state index is 14.3. The van der Waals surface area contributed by atoms with Crippen LogP contribution in [0.15, 0.2) is 42.5 Å². The quantitative estimate of drug-likeness (QED) is 0.552. The summed E-state index contributed by atoms with van der Waals surface area (Å²) in [6.07, 6.45) is 0.464. The first-order valence-corrected chi connectivity index (χ1v) is 9.76. The van der Waals surface area contributed by atoms with Crippen molar-refractivity contribution in [3.05, 3.63) is 70.7 Å². The molecule has 0 aliphatic carbocycles. The van der Waals surface area contributed by atoms with Crippen LogP contribution in [0.3, 0.4) is 0 Å². The molecule has 0 saturated carbocycles. The Hall–Kier alpha value is -3.19. The zero-order valence-corrected chi connectivity index (χ0v) is 17.1. The Morgan fingerprint density at radius 1 is 1.13 bits per heavy atom. The molecule has 3 N–H and O–H groups in total. The smallest absolute Gasteiger partial charge is 0.310 e. The van der Waals surface area contributed by atoms with Crippen LogP contribution in [0.4, 0.5) is 4.39 Å². The summed E-state index contributed by atoms with van der Waals surface area (Å²) in [6.45, 7) is 3.25. The molecule has 6 nitrogen and oxygen atoms in total. The lowest BCUT2D eigenvalue weighted by molar-refractivity contribution is -0.138. The van der Waals surface area contributed by atoms with Gasteiger partial charge in [0.25, 0.3) is 5.91 Å². The number of aryl methyl sites for hydroxylation is 2. The summed E-state index contributed by atoms with van der Waals surface area (Å²) in [6, 6.07) is 10.8. The van der Waals surface area contributed by atoms with Gasteiger partial charge in [0, 0.05) is 12.4 Å². The first-order valence-electron chi connectivity index (χ1n) is 9.76. The van der Waals surface area contributed by atoms with Gasteiger partial charge in [0.05, 0.1) is 24.1 Å². The maximum atomic E-state index is 14.3. The summed E-state index contributed by atoms with van der Waals surface area (Å²) in [5.41, 5.74) is 2.96. The third-order valence-electron chi connectivity index (χ3n) is 5.42. The van der Waals surface area contributed by atoms with Gasteiger partial charge >= 0.3 is 5.97 Å². The van der Waals surface area contributed by atoms with E-state index in [2.05, 4.69) is 5.32 Å². The molecule has 1 amide bonds. The van der Waals surface area contributed by atoms with E-state index >= 15 is 0 Å². The fourth-order valence-electron chi connectivity index (χ4n) is 3.72. The van der Waals surface area contributed by atoms with E-state index in [1.807, 2.05) is 6.07 Å². The van der Waals surface area contributed by atoms with Crippen molar-refractivity contribution in [2.45, 2.75) is 32.2 Å². The van der Waals surface area contributed by atoms with Crippen LogP contribution in [0.1, 0.15) is 52.5 Å². The molecule has 3 aromatic rings. The number of carbonyl (C=O) groups is 2. The van der Waals surface area contributed by atoms with Gasteiger partial charge in [0.2, 0.25) is 0 Å². The van der Waals surface area contributed by atoms with Crippen LogP contribution in [0.2, 0.25) is 0 Å². The van der Waals surface area contributed by atoms with Crippen LogP contribution in [0.25, 0.3) is 10.9 Å². The Balaban J connectivity index is 1.85. The molecule has 0 fully saturated rings. The highest BCUT2D eigenvalue weighted by atomic mass is 19.1. The first-order chi connectivity index (χ1) is 14.3. The van der Waals surface area contributed by atoms with Gasteiger partial charge in [0.1, 0.15) is 11.5 Å². The number of hydrogen-bond acceptors (Lipinski definition) is 3. The fourth-order valence-corrected chi connectivity index (χ4v) is 3.72. The average Bonchev–Trinajstić information content (AvgIpc) is 3.04. The van der Waals surface area contributed by atoms with Gasteiger partial charge in [-0.3, -0.25) is 9.59 Å². The molecule has 0 spiro atoms. The van der Waals surface area contributed by atoms with Gasteiger partial charge in [-0.15, -0.1) is 0 Å². The number of carboxylic acids is 1. The number of aliphatic hydroxyl groups excluding tert-OH is 1. The van der Waals surface area contributed by atoms with Crippen molar-refractivity contribution in [1.82, 2.24) is 9.88 Å². The van der Waals surface area contributed by atoms with Crippen molar-refractivity contribution in [3.8, 4) is 0 Å². The Kier molecular flexibility index (Phi) is 6.22. The van der Waals surface area contributed by atoms with Crippen molar-refractivity contribution in [2.75, 3.05) is 6.61 Å². The monoisotopic (exact) mass is 412 g/mol. The summed E-state index contributed by atoms with van der Waals surface area (Å²) >= 11 is 0. The molecule has 2 atom stereocenters. The number of nitrogens with zero attached hydrogens (tertiary/aromatic N) is 1. The number of aliphatic carboxylic acids is 1. The van der Waals surface area contributed by atoms with Crippen molar-refractivity contribution in [2.24, 2.45) is 7.05 Å². The van der Waals surface area contributed by atoms with Crippen molar-refractivity contribution in [3.63, 3.8) is 0 Å². The van der Waals surface area contributed by atoms with Crippen LogP contribution in [-0.2, 0) is 11.8 Å². The van der Waals surface area contributed by atoms with Crippen LogP contribution in [-0.4, -0.2) is 33.3 Å². The summed E-state index contributed by atoms with van der Waals surface area (Å²) < 4.78 is 15.9. The van der Waals surface area contributed by atoms with Crippen molar-refractivity contribution < 1.29 is 24.2 Å². The van der Waals surface area contributed by atoms with Gasteiger partial charge in [-0.05, 0) is 48.2 Å². The second kappa shape index (κ2) is 8.67. The molecule has 158 valence electrons.